The van der Waals surface area contributed by atoms with Gasteiger partial charge in [0.1, 0.15) is 35.6 Å². The highest BCUT2D eigenvalue weighted by molar-refractivity contribution is 5.97. The van der Waals surface area contributed by atoms with E-state index in [0.717, 1.165) is 16.7 Å². The van der Waals surface area contributed by atoms with Crippen molar-refractivity contribution in [3.05, 3.63) is 125 Å². The second-order valence-corrected chi connectivity index (χ2v) is 8.08. The van der Waals surface area contributed by atoms with Gasteiger partial charge in [-0.3, -0.25) is 4.79 Å². The molecule has 0 bridgehead atoms. The smallest absolute Gasteiger partial charge is 0.222 e. The standard InChI is InChI=1S/C29H21F2NO3/c30-24-7-4-8-25(31)28(24)29-32-26(17-35-29)21-11-9-19(10-12-21)20-13-15-23(16-14-20)34-18-27(33)22-5-2-1-3-6-22/h1-16,26H,17-18H2. The normalized spacial score (nSPS) is 14.8. The van der Waals surface area contributed by atoms with Crippen molar-refractivity contribution in [2.24, 2.45) is 4.99 Å². The number of Topliss-reactive ketones (excluding diaryl/α,β-unsaturated/α-hetero) is 1. The van der Waals surface area contributed by atoms with Gasteiger partial charge in [-0.2, -0.15) is 0 Å². The largest absolute Gasteiger partial charge is 0.485 e. The Kier molecular flexibility index (Phi) is 6.35. The molecule has 1 atom stereocenters. The average Bonchev–Trinajstić information content (AvgIpc) is 3.38. The number of carbonyl (C=O) groups excluding carboxylic acids is 1. The Morgan fingerprint density at radius 2 is 1.46 bits per heavy atom. The molecular formula is C29H21F2NO3. The Labute approximate surface area is 201 Å². The van der Waals surface area contributed by atoms with E-state index in [1.54, 1.807) is 12.1 Å². The van der Waals surface area contributed by atoms with Crippen LogP contribution < -0.4 is 4.74 Å². The van der Waals surface area contributed by atoms with Crippen molar-refractivity contribution in [2.45, 2.75) is 6.04 Å². The maximum Gasteiger partial charge on any atom is 0.222 e. The van der Waals surface area contributed by atoms with E-state index in [-0.39, 0.29) is 36.5 Å². The molecule has 174 valence electrons. The van der Waals surface area contributed by atoms with Crippen LogP contribution in [-0.2, 0) is 4.74 Å². The number of hydrogen-bond acceptors (Lipinski definition) is 4. The van der Waals surface area contributed by atoms with Crippen LogP contribution in [0.4, 0.5) is 8.78 Å². The number of aliphatic imine (C=N–C) groups is 1. The third kappa shape index (κ3) is 4.96. The maximum absolute atomic E-state index is 14.0. The van der Waals surface area contributed by atoms with E-state index < -0.39 is 11.6 Å². The molecule has 1 heterocycles. The van der Waals surface area contributed by atoms with Crippen LogP contribution in [0.3, 0.4) is 0 Å². The van der Waals surface area contributed by atoms with Crippen molar-refractivity contribution in [2.75, 3.05) is 13.2 Å². The fourth-order valence-electron chi connectivity index (χ4n) is 3.88. The third-order valence-corrected chi connectivity index (χ3v) is 5.78. The van der Waals surface area contributed by atoms with Crippen LogP contribution in [0, 0.1) is 11.6 Å². The van der Waals surface area contributed by atoms with Gasteiger partial charge < -0.3 is 9.47 Å². The van der Waals surface area contributed by atoms with Crippen molar-refractivity contribution >= 4 is 11.7 Å². The van der Waals surface area contributed by atoms with Gasteiger partial charge in [0.15, 0.2) is 12.4 Å². The highest BCUT2D eigenvalue weighted by Crippen LogP contribution is 2.29. The summed E-state index contributed by atoms with van der Waals surface area (Å²) in [5, 5.41) is 0. The lowest BCUT2D eigenvalue weighted by Crippen LogP contribution is -2.11. The number of ketones is 1. The van der Waals surface area contributed by atoms with Gasteiger partial charge in [-0.25, -0.2) is 13.8 Å². The highest BCUT2D eigenvalue weighted by atomic mass is 19.1. The van der Waals surface area contributed by atoms with Crippen molar-refractivity contribution in [3.63, 3.8) is 0 Å². The number of carbonyl (C=O) groups is 1. The fraction of sp³-hybridized carbons (Fsp3) is 0.103. The Balaban J connectivity index is 1.24. The molecule has 0 saturated heterocycles. The second kappa shape index (κ2) is 9.89. The molecule has 1 aliphatic heterocycles. The van der Waals surface area contributed by atoms with Crippen molar-refractivity contribution < 1.29 is 23.0 Å². The number of hydrogen-bond donors (Lipinski definition) is 0. The highest BCUT2D eigenvalue weighted by Gasteiger charge is 2.26. The van der Waals surface area contributed by atoms with Crippen molar-refractivity contribution in [1.29, 1.82) is 0 Å². The molecule has 6 heteroatoms. The first-order valence-electron chi connectivity index (χ1n) is 11.1. The van der Waals surface area contributed by atoms with Gasteiger partial charge in [0.25, 0.3) is 0 Å². The predicted molar refractivity (Wildman–Crippen MR) is 130 cm³/mol. The number of rotatable bonds is 7. The molecule has 1 aliphatic rings. The lowest BCUT2D eigenvalue weighted by molar-refractivity contribution is 0.0921. The molecule has 0 aromatic heterocycles. The lowest BCUT2D eigenvalue weighted by Gasteiger charge is -2.09. The molecular weight excluding hydrogens is 448 g/mol. The Bertz CT molecular complexity index is 1350. The van der Waals surface area contributed by atoms with Crippen molar-refractivity contribution in [3.8, 4) is 16.9 Å². The van der Waals surface area contributed by atoms with Gasteiger partial charge in [0.05, 0.1) is 0 Å². The number of nitrogens with zero attached hydrogens (tertiary/aromatic N) is 1. The SMILES string of the molecule is O=C(COc1ccc(-c2ccc(C3COC(c4c(F)cccc4F)=N3)cc2)cc1)c1ccccc1. The number of halogens is 2. The zero-order valence-electron chi connectivity index (χ0n) is 18.7. The molecule has 4 nitrogen and oxygen atoms in total. The summed E-state index contributed by atoms with van der Waals surface area (Å²) in [5.74, 6) is -0.881. The first-order valence-corrected chi connectivity index (χ1v) is 11.1. The molecule has 0 amide bonds. The summed E-state index contributed by atoms with van der Waals surface area (Å²) < 4.78 is 39.2. The molecule has 4 aromatic rings. The lowest BCUT2D eigenvalue weighted by atomic mass is 10.0. The Morgan fingerprint density at radius 3 is 2.11 bits per heavy atom. The Hall–Kier alpha value is -4.32. The van der Waals surface area contributed by atoms with Gasteiger partial charge in [0, 0.05) is 5.56 Å². The average molecular weight is 469 g/mol. The molecule has 1 unspecified atom stereocenters. The first kappa shape index (κ1) is 22.5. The van der Waals surface area contributed by atoms with Crippen LogP contribution in [0.1, 0.15) is 27.5 Å². The van der Waals surface area contributed by atoms with Crippen LogP contribution in [0.2, 0.25) is 0 Å². The van der Waals surface area contributed by atoms with Gasteiger partial charge >= 0.3 is 0 Å². The molecule has 35 heavy (non-hydrogen) atoms. The molecule has 0 aliphatic carbocycles. The summed E-state index contributed by atoms with van der Waals surface area (Å²) in [5.41, 5.74) is 3.24. The van der Waals surface area contributed by atoms with Crippen LogP contribution in [0.15, 0.2) is 102 Å². The second-order valence-electron chi connectivity index (χ2n) is 8.08. The van der Waals surface area contributed by atoms with Crippen molar-refractivity contribution in [1.82, 2.24) is 0 Å². The van der Waals surface area contributed by atoms with E-state index in [0.29, 0.717) is 11.3 Å². The summed E-state index contributed by atoms with van der Waals surface area (Å²) in [6.45, 7) is 0.191. The molecule has 0 spiro atoms. The predicted octanol–water partition coefficient (Wildman–Crippen LogP) is 6.41. The quantitative estimate of drug-likeness (QED) is 0.294. The van der Waals surface area contributed by atoms with E-state index in [1.165, 1.54) is 18.2 Å². The first-order chi connectivity index (χ1) is 17.1. The monoisotopic (exact) mass is 469 g/mol. The van der Waals surface area contributed by atoms with E-state index in [1.807, 2.05) is 66.7 Å². The summed E-state index contributed by atoms with van der Waals surface area (Å²) >= 11 is 0. The minimum absolute atomic E-state index is 0.0176. The van der Waals surface area contributed by atoms with E-state index >= 15 is 0 Å². The molecule has 0 radical (unpaired) electrons. The molecule has 0 N–H and O–H groups in total. The minimum atomic E-state index is -0.698. The van der Waals surface area contributed by atoms with E-state index in [4.69, 9.17) is 9.47 Å². The third-order valence-electron chi connectivity index (χ3n) is 5.78. The van der Waals surface area contributed by atoms with Crippen LogP contribution in [0.5, 0.6) is 5.75 Å². The molecule has 0 saturated carbocycles. The van der Waals surface area contributed by atoms with Crippen LogP contribution in [-0.4, -0.2) is 24.9 Å². The van der Waals surface area contributed by atoms with Gasteiger partial charge in [-0.05, 0) is 41.0 Å². The molecule has 4 aromatic carbocycles. The summed E-state index contributed by atoms with van der Waals surface area (Å²) in [6.07, 6.45) is 0. The van der Waals surface area contributed by atoms with Gasteiger partial charge in [-0.1, -0.05) is 72.8 Å². The maximum atomic E-state index is 14.0. The van der Waals surface area contributed by atoms with E-state index in [9.17, 15) is 13.6 Å². The van der Waals surface area contributed by atoms with Gasteiger partial charge in [0.2, 0.25) is 5.90 Å². The van der Waals surface area contributed by atoms with E-state index in [2.05, 4.69) is 4.99 Å². The van der Waals surface area contributed by atoms with Gasteiger partial charge in [-0.15, -0.1) is 0 Å². The van der Waals surface area contributed by atoms with Crippen LogP contribution in [0.25, 0.3) is 11.1 Å². The van der Waals surface area contributed by atoms with Crippen LogP contribution >= 0.6 is 0 Å². The zero-order valence-corrected chi connectivity index (χ0v) is 18.7. The summed E-state index contributed by atoms with van der Waals surface area (Å²) in [6, 6.07) is 27.6. The summed E-state index contributed by atoms with van der Waals surface area (Å²) in [4.78, 5) is 16.6. The number of ether oxygens (including phenoxy) is 2. The minimum Gasteiger partial charge on any atom is -0.485 e. The Morgan fingerprint density at radius 1 is 0.829 bits per heavy atom. The summed E-state index contributed by atoms with van der Waals surface area (Å²) in [7, 11) is 0. The molecule has 0 fully saturated rings. The topological polar surface area (TPSA) is 47.9 Å². The zero-order chi connectivity index (χ0) is 24.2. The number of benzene rings is 4. The molecule has 5 rings (SSSR count). The fourth-order valence-corrected chi connectivity index (χ4v) is 3.88.